The molecule has 0 atom stereocenters. The number of hydrogen-bond donors (Lipinski definition) is 1. The molecule has 0 aliphatic carbocycles. The molecular formula is C23H28N2O5. The van der Waals surface area contributed by atoms with E-state index < -0.39 is 5.97 Å². The molecule has 2 aromatic carbocycles. The molecule has 0 unspecified atom stereocenters. The smallest absolute Gasteiger partial charge is 0.344 e. The van der Waals surface area contributed by atoms with Crippen LogP contribution in [0.15, 0.2) is 42.5 Å². The molecule has 0 fully saturated rings. The number of hydrogen-bond acceptors (Lipinski definition) is 6. The summed E-state index contributed by atoms with van der Waals surface area (Å²) in [5.41, 5.74) is 2.79. The minimum atomic E-state index is -0.615. The number of benzene rings is 2. The van der Waals surface area contributed by atoms with Crippen molar-refractivity contribution in [2.75, 3.05) is 32.2 Å². The van der Waals surface area contributed by atoms with Crippen molar-refractivity contribution in [2.45, 2.75) is 32.4 Å². The molecule has 1 aliphatic heterocycles. The highest BCUT2D eigenvalue weighted by atomic mass is 16.6. The van der Waals surface area contributed by atoms with Gasteiger partial charge in [-0.15, -0.1) is 0 Å². The van der Waals surface area contributed by atoms with Gasteiger partial charge in [0.05, 0.1) is 0 Å². The number of nitrogens with zero attached hydrogens (tertiary/aromatic N) is 1. The van der Waals surface area contributed by atoms with Crippen LogP contribution in [-0.2, 0) is 27.3 Å². The van der Waals surface area contributed by atoms with Gasteiger partial charge in [0.25, 0.3) is 5.91 Å². The van der Waals surface area contributed by atoms with Crippen LogP contribution in [0.4, 0.5) is 5.69 Å². The summed E-state index contributed by atoms with van der Waals surface area (Å²) in [7, 11) is 3.93. The third kappa shape index (κ3) is 5.65. The first-order valence-corrected chi connectivity index (χ1v) is 9.86. The lowest BCUT2D eigenvalue weighted by Gasteiger charge is -2.18. The van der Waals surface area contributed by atoms with Crippen molar-refractivity contribution in [1.82, 2.24) is 5.32 Å². The molecule has 7 nitrogen and oxygen atoms in total. The van der Waals surface area contributed by atoms with E-state index in [2.05, 4.69) is 5.32 Å². The van der Waals surface area contributed by atoms with E-state index in [1.54, 1.807) is 6.07 Å². The molecule has 3 rings (SSSR count). The van der Waals surface area contributed by atoms with Gasteiger partial charge in [0.1, 0.15) is 5.60 Å². The van der Waals surface area contributed by atoms with Gasteiger partial charge in [-0.2, -0.15) is 0 Å². The fourth-order valence-electron chi connectivity index (χ4n) is 3.19. The number of carbonyl (C=O) groups excluding carboxylic acids is 2. The molecular weight excluding hydrogens is 384 g/mol. The van der Waals surface area contributed by atoms with Crippen LogP contribution in [0.1, 0.15) is 25.0 Å². The van der Waals surface area contributed by atoms with Crippen LogP contribution in [0.3, 0.4) is 0 Å². The summed E-state index contributed by atoms with van der Waals surface area (Å²) >= 11 is 0. The van der Waals surface area contributed by atoms with Crippen molar-refractivity contribution in [3.63, 3.8) is 0 Å². The number of fused-ring (bicyclic) bond motifs is 1. The molecule has 0 aromatic heterocycles. The van der Waals surface area contributed by atoms with E-state index in [1.807, 2.05) is 69.2 Å². The molecule has 2 aromatic rings. The summed E-state index contributed by atoms with van der Waals surface area (Å²) in [6.45, 7) is 3.72. The highest BCUT2D eigenvalue weighted by Gasteiger charge is 2.32. The largest absolute Gasteiger partial charge is 0.483 e. The molecule has 30 heavy (non-hydrogen) atoms. The van der Waals surface area contributed by atoms with E-state index in [9.17, 15) is 9.59 Å². The zero-order chi connectivity index (χ0) is 21.7. The van der Waals surface area contributed by atoms with Gasteiger partial charge in [0.2, 0.25) is 0 Å². The lowest BCUT2D eigenvalue weighted by atomic mass is 10.0. The molecule has 0 saturated carbocycles. The first-order chi connectivity index (χ1) is 14.2. The number of amides is 1. The van der Waals surface area contributed by atoms with Crippen molar-refractivity contribution in [1.29, 1.82) is 0 Å². The molecule has 0 saturated heterocycles. The second-order valence-electron chi connectivity index (χ2n) is 8.07. The minimum absolute atomic E-state index is 0.292. The number of nitrogens with one attached hydrogen (secondary N) is 1. The number of ether oxygens (including phenoxy) is 3. The third-order valence-electron chi connectivity index (χ3n) is 4.71. The normalized spacial score (nSPS) is 13.7. The van der Waals surface area contributed by atoms with Crippen molar-refractivity contribution < 1.29 is 23.8 Å². The first-order valence-electron chi connectivity index (χ1n) is 9.86. The number of esters is 1. The maximum atomic E-state index is 12.0. The Hall–Kier alpha value is -3.22. The molecule has 1 amide bonds. The monoisotopic (exact) mass is 412 g/mol. The van der Waals surface area contributed by atoms with Gasteiger partial charge in [-0.3, -0.25) is 4.79 Å². The van der Waals surface area contributed by atoms with E-state index in [1.165, 1.54) is 0 Å². The standard InChI is InChI=1S/C23H28N2O5/c1-23(2)12-17-6-5-7-19(22(17)30-23)28-15-21(27)29-14-20(26)24-13-16-8-10-18(11-9-16)25(3)4/h5-11H,12-15H2,1-4H3,(H,24,26). The summed E-state index contributed by atoms with van der Waals surface area (Å²) in [6.07, 6.45) is 0.780. The van der Waals surface area contributed by atoms with E-state index in [0.29, 0.717) is 18.0 Å². The highest BCUT2D eigenvalue weighted by molar-refractivity contribution is 5.81. The Balaban J connectivity index is 1.40. The Morgan fingerprint density at radius 1 is 1.10 bits per heavy atom. The fourth-order valence-corrected chi connectivity index (χ4v) is 3.19. The van der Waals surface area contributed by atoms with E-state index >= 15 is 0 Å². The van der Waals surface area contributed by atoms with Gasteiger partial charge in [-0.05, 0) is 37.6 Å². The van der Waals surface area contributed by atoms with Crippen LogP contribution in [0.2, 0.25) is 0 Å². The fraction of sp³-hybridized carbons (Fsp3) is 0.391. The number of para-hydroxylation sites is 1. The van der Waals surface area contributed by atoms with Gasteiger partial charge in [0, 0.05) is 38.3 Å². The van der Waals surface area contributed by atoms with Crippen LogP contribution in [-0.4, -0.2) is 44.8 Å². The van der Waals surface area contributed by atoms with Gasteiger partial charge in [-0.25, -0.2) is 4.79 Å². The molecule has 1 heterocycles. The zero-order valence-corrected chi connectivity index (χ0v) is 17.9. The number of carbonyl (C=O) groups is 2. The summed E-state index contributed by atoms with van der Waals surface area (Å²) in [4.78, 5) is 25.9. The molecule has 0 spiro atoms. The van der Waals surface area contributed by atoms with Crippen LogP contribution in [0.5, 0.6) is 11.5 Å². The second kappa shape index (κ2) is 9.07. The molecule has 160 valence electrons. The maximum absolute atomic E-state index is 12.0. The number of rotatable bonds is 8. The molecule has 0 radical (unpaired) electrons. The number of anilines is 1. The van der Waals surface area contributed by atoms with E-state index in [4.69, 9.17) is 14.2 Å². The third-order valence-corrected chi connectivity index (χ3v) is 4.71. The van der Waals surface area contributed by atoms with Crippen LogP contribution < -0.4 is 19.7 Å². The molecule has 0 bridgehead atoms. The lowest BCUT2D eigenvalue weighted by Crippen LogP contribution is -2.29. The summed E-state index contributed by atoms with van der Waals surface area (Å²) < 4.78 is 16.5. The van der Waals surface area contributed by atoms with Crippen molar-refractivity contribution in [3.8, 4) is 11.5 Å². The zero-order valence-electron chi connectivity index (χ0n) is 17.9. The van der Waals surface area contributed by atoms with Crippen LogP contribution >= 0.6 is 0 Å². The van der Waals surface area contributed by atoms with Gasteiger partial charge in [-0.1, -0.05) is 24.3 Å². The first kappa shape index (κ1) is 21.5. The molecule has 1 N–H and O–H groups in total. The Morgan fingerprint density at radius 2 is 1.83 bits per heavy atom. The summed E-state index contributed by atoms with van der Waals surface area (Å²) in [6, 6.07) is 13.4. The Bertz CT molecular complexity index is 906. The highest BCUT2D eigenvalue weighted by Crippen LogP contribution is 2.41. The quantitative estimate of drug-likeness (QED) is 0.672. The Kier molecular flexibility index (Phi) is 6.50. The van der Waals surface area contributed by atoms with Crippen LogP contribution in [0.25, 0.3) is 0 Å². The second-order valence-corrected chi connectivity index (χ2v) is 8.07. The van der Waals surface area contributed by atoms with Gasteiger partial charge >= 0.3 is 5.97 Å². The van der Waals surface area contributed by atoms with Crippen molar-refractivity contribution >= 4 is 17.6 Å². The summed E-state index contributed by atoms with van der Waals surface area (Å²) in [5, 5.41) is 2.73. The predicted molar refractivity (Wildman–Crippen MR) is 114 cm³/mol. The Labute approximate surface area is 176 Å². The Morgan fingerprint density at radius 3 is 2.53 bits per heavy atom. The van der Waals surface area contributed by atoms with Crippen molar-refractivity contribution in [2.24, 2.45) is 0 Å². The van der Waals surface area contributed by atoms with Gasteiger partial charge < -0.3 is 24.4 Å². The van der Waals surface area contributed by atoms with Crippen molar-refractivity contribution in [3.05, 3.63) is 53.6 Å². The summed E-state index contributed by atoms with van der Waals surface area (Å²) in [5.74, 6) is 0.176. The topological polar surface area (TPSA) is 77.1 Å². The lowest BCUT2D eigenvalue weighted by molar-refractivity contribution is -0.150. The molecule has 7 heteroatoms. The minimum Gasteiger partial charge on any atom is -0.483 e. The predicted octanol–water partition coefficient (Wildman–Crippen LogP) is 2.70. The average molecular weight is 412 g/mol. The van der Waals surface area contributed by atoms with Gasteiger partial charge in [0.15, 0.2) is 24.7 Å². The average Bonchev–Trinajstić information content (AvgIpc) is 3.03. The van der Waals surface area contributed by atoms with E-state index in [-0.39, 0.29) is 24.7 Å². The maximum Gasteiger partial charge on any atom is 0.344 e. The SMILES string of the molecule is CN(C)c1ccc(CNC(=O)COC(=O)COc2cccc3c2OC(C)(C)C3)cc1. The molecule has 1 aliphatic rings. The van der Waals surface area contributed by atoms with Crippen LogP contribution in [0, 0.1) is 0 Å². The van der Waals surface area contributed by atoms with E-state index in [0.717, 1.165) is 23.2 Å².